The molecule has 0 saturated carbocycles. The van der Waals surface area contributed by atoms with Crippen LogP contribution in [0.4, 0.5) is 5.69 Å². The lowest BCUT2D eigenvalue weighted by Crippen LogP contribution is -1.92. The van der Waals surface area contributed by atoms with Crippen molar-refractivity contribution >= 4 is 5.69 Å². The third kappa shape index (κ3) is 1.91. The minimum atomic E-state index is -0.370. The number of nitro benzene ring substituents is 1. The zero-order valence-corrected chi connectivity index (χ0v) is 8.75. The van der Waals surface area contributed by atoms with Crippen LogP contribution in [-0.4, -0.2) is 9.91 Å². The summed E-state index contributed by atoms with van der Waals surface area (Å²) in [6.07, 6.45) is 1.65. The summed E-state index contributed by atoms with van der Waals surface area (Å²) >= 11 is 0. The molecule has 2 rings (SSSR count). The maximum atomic E-state index is 10.9. The van der Waals surface area contributed by atoms with Crippen molar-refractivity contribution in [3.63, 3.8) is 0 Å². The van der Waals surface area contributed by atoms with Gasteiger partial charge in [-0.2, -0.15) is 0 Å². The molecule has 1 heterocycles. The molecule has 0 aliphatic heterocycles. The van der Waals surface area contributed by atoms with Crippen LogP contribution in [-0.2, 0) is 0 Å². The molecule has 1 aromatic carbocycles. The maximum absolute atomic E-state index is 10.9. The molecule has 0 aliphatic carbocycles. The van der Waals surface area contributed by atoms with Crippen LogP contribution in [0.1, 0.15) is 5.69 Å². The second-order valence-electron chi connectivity index (χ2n) is 3.46. The summed E-state index contributed by atoms with van der Waals surface area (Å²) in [5.41, 5.74) is 2.40. The molecule has 0 amide bonds. The van der Waals surface area contributed by atoms with Crippen molar-refractivity contribution in [3.8, 4) is 11.1 Å². The molecule has 0 saturated heterocycles. The van der Waals surface area contributed by atoms with Crippen molar-refractivity contribution in [1.82, 2.24) is 4.98 Å². The number of rotatable bonds is 2. The van der Waals surface area contributed by atoms with E-state index in [2.05, 4.69) is 4.98 Å². The predicted octanol–water partition coefficient (Wildman–Crippen LogP) is 2.97. The topological polar surface area (TPSA) is 56.0 Å². The molecule has 0 fully saturated rings. The molecule has 0 N–H and O–H groups in total. The zero-order chi connectivity index (χ0) is 11.5. The van der Waals surface area contributed by atoms with Crippen LogP contribution in [0.5, 0.6) is 0 Å². The lowest BCUT2D eigenvalue weighted by Gasteiger charge is -2.03. The van der Waals surface area contributed by atoms with Crippen LogP contribution < -0.4 is 0 Å². The second kappa shape index (κ2) is 4.10. The Kier molecular flexibility index (Phi) is 2.64. The Morgan fingerprint density at radius 3 is 2.69 bits per heavy atom. The van der Waals surface area contributed by atoms with E-state index >= 15 is 0 Å². The van der Waals surface area contributed by atoms with Gasteiger partial charge in [0.2, 0.25) is 0 Å². The predicted molar refractivity (Wildman–Crippen MR) is 61.1 cm³/mol. The van der Waals surface area contributed by atoms with Gasteiger partial charge < -0.3 is 0 Å². The Hall–Kier alpha value is -2.23. The van der Waals surface area contributed by atoms with Crippen LogP contribution in [0, 0.1) is 17.0 Å². The van der Waals surface area contributed by atoms with Crippen LogP contribution in [0.3, 0.4) is 0 Å². The first kappa shape index (κ1) is 10.3. The molecule has 1 aromatic heterocycles. The molecule has 0 bridgehead atoms. The molecule has 0 spiro atoms. The number of nitro groups is 1. The largest absolute Gasteiger partial charge is 0.277 e. The molecule has 4 nitrogen and oxygen atoms in total. The van der Waals surface area contributed by atoms with E-state index in [-0.39, 0.29) is 10.6 Å². The minimum absolute atomic E-state index is 0.119. The average molecular weight is 214 g/mol. The fourth-order valence-electron chi connectivity index (χ4n) is 1.59. The molecule has 4 heteroatoms. The number of aryl methyl sites for hydroxylation is 1. The summed E-state index contributed by atoms with van der Waals surface area (Å²) in [7, 11) is 0. The van der Waals surface area contributed by atoms with E-state index in [1.165, 1.54) is 6.07 Å². The standard InChI is InChI=1S/C12H10N2O2/c1-9-8-10(6-7-13-9)11-4-2-3-5-12(11)14(15)16/h2-8H,1H3. The van der Waals surface area contributed by atoms with Crippen LogP contribution >= 0.6 is 0 Å². The highest BCUT2D eigenvalue weighted by molar-refractivity contribution is 5.73. The van der Waals surface area contributed by atoms with E-state index in [9.17, 15) is 10.1 Å². The van der Waals surface area contributed by atoms with Crippen LogP contribution in [0.15, 0.2) is 42.6 Å². The molecule has 0 unspecified atom stereocenters. The van der Waals surface area contributed by atoms with E-state index in [1.54, 1.807) is 30.5 Å². The first-order valence-electron chi connectivity index (χ1n) is 4.85. The number of aromatic nitrogens is 1. The van der Waals surface area contributed by atoms with E-state index in [0.29, 0.717) is 5.56 Å². The van der Waals surface area contributed by atoms with Gasteiger partial charge in [-0.25, -0.2) is 0 Å². The molecular weight excluding hydrogens is 204 g/mol. The third-order valence-corrected chi connectivity index (χ3v) is 2.31. The van der Waals surface area contributed by atoms with Crippen molar-refractivity contribution in [2.45, 2.75) is 6.92 Å². The van der Waals surface area contributed by atoms with Crippen LogP contribution in [0.25, 0.3) is 11.1 Å². The second-order valence-corrected chi connectivity index (χ2v) is 3.46. The average Bonchev–Trinajstić information content (AvgIpc) is 2.29. The molecule has 80 valence electrons. The van der Waals surface area contributed by atoms with Gasteiger partial charge in [0.1, 0.15) is 0 Å². The number of hydrogen-bond donors (Lipinski definition) is 0. The molecule has 0 atom stereocenters. The highest BCUT2D eigenvalue weighted by Gasteiger charge is 2.13. The van der Waals surface area contributed by atoms with Crippen molar-refractivity contribution in [1.29, 1.82) is 0 Å². The smallest absolute Gasteiger partial charge is 0.262 e. The molecular formula is C12H10N2O2. The van der Waals surface area contributed by atoms with E-state index in [0.717, 1.165) is 11.3 Å². The van der Waals surface area contributed by atoms with Gasteiger partial charge >= 0.3 is 0 Å². The van der Waals surface area contributed by atoms with Crippen molar-refractivity contribution in [3.05, 3.63) is 58.4 Å². The number of nitrogens with zero attached hydrogens (tertiary/aromatic N) is 2. The highest BCUT2D eigenvalue weighted by atomic mass is 16.6. The summed E-state index contributed by atoms with van der Waals surface area (Å²) in [6, 6.07) is 10.3. The summed E-state index contributed by atoms with van der Waals surface area (Å²) in [5.74, 6) is 0. The SMILES string of the molecule is Cc1cc(-c2ccccc2[N+](=O)[O-])ccn1. The van der Waals surface area contributed by atoms with Gasteiger partial charge in [-0.1, -0.05) is 12.1 Å². The van der Waals surface area contributed by atoms with Crippen molar-refractivity contribution in [2.24, 2.45) is 0 Å². The Morgan fingerprint density at radius 2 is 2.00 bits per heavy atom. The van der Waals surface area contributed by atoms with Crippen LogP contribution in [0.2, 0.25) is 0 Å². The number of hydrogen-bond acceptors (Lipinski definition) is 3. The molecule has 2 aromatic rings. The van der Waals surface area contributed by atoms with Gasteiger partial charge in [-0.15, -0.1) is 0 Å². The lowest BCUT2D eigenvalue weighted by molar-refractivity contribution is -0.384. The first-order chi connectivity index (χ1) is 7.68. The number of para-hydroxylation sites is 1. The van der Waals surface area contributed by atoms with Crippen molar-refractivity contribution in [2.75, 3.05) is 0 Å². The summed E-state index contributed by atoms with van der Waals surface area (Å²) in [6.45, 7) is 1.86. The van der Waals surface area contributed by atoms with Gasteiger partial charge in [-0.3, -0.25) is 15.1 Å². The molecule has 16 heavy (non-hydrogen) atoms. The zero-order valence-electron chi connectivity index (χ0n) is 8.75. The quantitative estimate of drug-likeness (QED) is 0.570. The number of pyridine rings is 1. The summed E-state index contributed by atoms with van der Waals surface area (Å²) in [5, 5.41) is 10.9. The monoisotopic (exact) mass is 214 g/mol. The Bertz CT molecular complexity index is 538. The summed E-state index contributed by atoms with van der Waals surface area (Å²) in [4.78, 5) is 14.6. The summed E-state index contributed by atoms with van der Waals surface area (Å²) < 4.78 is 0. The van der Waals surface area contributed by atoms with Gasteiger partial charge in [0, 0.05) is 18.0 Å². The van der Waals surface area contributed by atoms with Gasteiger partial charge in [-0.05, 0) is 30.7 Å². The molecule has 0 aliphatic rings. The Labute approximate surface area is 92.7 Å². The highest BCUT2D eigenvalue weighted by Crippen LogP contribution is 2.29. The third-order valence-electron chi connectivity index (χ3n) is 2.31. The normalized spacial score (nSPS) is 10.1. The molecule has 0 radical (unpaired) electrons. The van der Waals surface area contributed by atoms with Gasteiger partial charge in [0.05, 0.1) is 10.5 Å². The fourth-order valence-corrected chi connectivity index (χ4v) is 1.59. The number of benzene rings is 1. The van der Waals surface area contributed by atoms with E-state index in [1.807, 2.05) is 13.0 Å². The fraction of sp³-hybridized carbons (Fsp3) is 0.0833. The minimum Gasteiger partial charge on any atom is -0.262 e. The Morgan fingerprint density at radius 1 is 1.25 bits per heavy atom. The van der Waals surface area contributed by atoms with E-state index < -0.39 is 0 Å². The van der Waals surface area contributed by atoms with E-state index in [4.69, 9.17) is 0 Å². The van der Waals surface area contributed by atoms with Gasteiger partial charge in [0.15, 0.2) is 0 Å². The maximum Gasteiger partial charge on any atom is 0.277 e. The Balaban J connectivity index is 2.60. The lowest BCUT2D eigenvalue weighted by atomic mass is 10.0. The van der Waals surface area contributed by atoms with Crippen molar-refractivity contribution < 1.29 is 4.92 Å². The first-order valence-corrected chi connectivity index (χ1v) is 4.85. The van der Waals surface area contributed by atoms with Gasteiger partial charge in [0.25, 0.3) is 5.69 Å².